The van der Waals surface area contributed by atoms with E-state index in [4.69, 9.17) is 9.15 Å². The van der Waals surface area contributed by atoms with Gasteiger partial charge in [0, 0.05) is 12.5 Å². The van der Waals surface area contributed by atoms with Gasteiger partial charge >= 0.3 is 0 Å². The van der Waals surface area contributed by atoms with Crippen molar-refractivity contribution in [2.75, 3.05) is 7.11 Å². The molecule has 0 saturated carbocycles. The minimum Gasteiger partial charge on any atom is -0.508 e. The first-order chi connectivity index (χ1) is 11.1. The molecule has 0 unspecified atom stereocenters. The number of rotatable bonds is 4. The van der Waals surface area contributed by atoms with Gasteiger partial charge < -0.3 is 19.4 Å². The third-order valence-corrected chi connectivity index (χ3v) is 3.76. The molecule has 1 heterocycles. The summed E-state index contributed by atoms with van der Waals surface area (Å²) in [6, 6.07) is 11.8. The number of benzene rings is 2. The summed E-state index contributed by atoms with van der Waals surface area (Å²) in [5.74, 6) is 0.499. The van der Waals surface area contributed by atoms with E-state index in [-0.39, 0.29) is 17.3 Å². The van der Waals surface area contributed by atoms with Crippen LogP contribution in [0.2, 0.25) is 0 Å². The molecule has 1 aromatic heterocycles. The number of para-hydroxylation sites is 1. The van der Waals surface area contributed by atoms with Crippen LogP contribution >= 0.6 is 0 Å². The van der Waals surface area contributed by atoms with Crippen LogP contribution in [0.15, 0.2) is 51.7 Å². The molecule has 0 bridgehead atoms. The van der Waals surface area contributed by atoms with Crippen LogP contribution in [0.25, 0.3) is 11.0 Å². The number of methoxy groups -OCH3 is 1. The Morgan fingerprint density at radius 3 is 2.61 bits per heavy atom. The second-order valence-electron chi connectivity index (χ2n) is 5.19. The largest absolute Gasteiger partial charge is 0.508 e. The summed E-state index contributed by atoms with van der Waals surface area (Å²) in [4.78, 5) is 12.1. The smallest absolute Gasteiger partial charge is 0.234 e. The van der Waals surface area contributed by atoms with Crippen LogP contribution in [0.3, 0.4) is 0 Å². The highest BCUT2D eigenvalue weighted by Gasteiger charge is 2.14. The van der Waals surface area contributed by atoms with Crippen LogP contribution in [0, 0.1) is 0 Å². The molecule has 3 rings (SSSR count). The van der Waals surface area contributed by atoms with Crippen molar-refractivity contribution in [3.05, 3.63) is 64.0 Å². The van der Waals surface area contributed by atoms with E-state index < -0.39 is 5.43 Å². The van der Waals surface area contributed by atoms with Crippen molar-refractivity contribution in [3.8, 4) is 17.2 Å². The van der Waals surface area contributed by atoms with Crippen LogP contribution in [0.5, 0.6) is 17.2 Å². The third-order valence-electron chi connectivity index (χ3n) is 3.76. The average Bonchev–Trinajstić information content (AvgIpc) is 2.57. The fourth-order valence-electron chi connectivity index (χ4n) is 2.48. The number of aryl methyl sites for hydroxylation is 2. The van der Waals surface area contributed by atoms with Gasteiger partial charge in [0.2, 0.25) is 11.2 Å². The van der Waals surface area contributed by atoms with Crippen molar-refractivity contribution in [1.29, 1.82) is 0 Å². The van der Waals surface area contributed by atoms with Gasteiger partial charge in [-0.2, -0.15) is 0 Å². The highest BCUT2D eigenvalue weighted by Crippen LogP contribution is 2.26. The molecule has 0 amide bonds. The van der Waals surface area contributed by atoms with Gasteiger partial charge in [0.25, 0.3) is 0 Å². The highest BCUT2D eigenvalue weighted by atomic mass is 16.5. The minimum absolute atomic E-state index is 0.104. The average molecular weight is 312 g/mol. The summed E-state index contributed by atoms with van der Waals surface area (Å²) in [5.41, 5.74) is 0.672. The predicted molar refractivity (Wildman–Crippen MR) is 86.2 cm³/mol. The van der Waals surface area contributed by atoms with Crippen molar-refractivity contribution < 1.29 is 19.4 Å². The fourth-order valence-corrected chi connectivity index (χ4v) is 2.48. The Labute approximate surface area is 132 Å². The molecule has 5 heteroatoms. The van der Waals surface area contributed by atoms with Gasteiger partial charge in [-0.25, -0.2) is 0 Å². The zero-order valence-electron chi connectivity index (χ0n) is 12.6. The maximum absolute atomic E-state index is 12.1. The molecule has 0 aliphatic rings. The van der Waals surface area contributed by atoms with Gasteiger partial charge in [0.15, 0.2) is 5.76 Å². The normalized spacial score (nSPS) is 10.8. The summed E-state index contributed by atoms with van der Waals surface area (Å²) in [6.07, 6.45) is 0.719. The van der Waals surface area contributed by atoms with Gasteiger partial charge in [-0.15, -0.1) is 0 Å². The monoisotopic (exact) mass is 312 g/mol. The van der Waals surface area contributed by atoms with Gasteiger partial charge in [0.1, 0.15) is 17.1 Å². The van der Waals surface area contributed by atoms with Crippen LogP contribution in [0.1, 0.15) is 11.3 Å². The summed E-state index contributed by atoms with van der Waals surface area (Å²) in [6.45, 7) is 0. The summed E-state index contributed by atoms with van der Waals surface area (Å²) >= 11 is 0. The Morgan fingerprint density at radius 2 is 1.87 bits per heavy atom. The Balaban J connectivity index is 1.90. The maximum atomic E-state index is 12.1. The van der Waals surface area contributed by atoms with E-state index in [2.05, 4.69) is 0 Å². The SMILES string of the molecule is COc1ccc(CCc2oc3ccccc3c(=O)c2O)c(O)c1. The number of fused-ring (bicyclic) bond motifs is 1. The molecule has 118 valence electrons. The van der Waals surface area contributed by atoms with Crippen molar-refractivity contribution in [2.45, 2.75) is 12.8 Å². The second kappa shape index (κ2) is 6.04. The van der Waals surface area contributed by atoms with Crippen molar-refractivity contribution in [1.82, 2.24) is 0 Å². The minimum atomic E-state index is -0.444. The Bertz CT molecular complexity index is 911. The van der Waals surface area contributed by atoms with Crippen LogP contribution in [-0.4, -0.2) is 17.3 Å². The fraction of sp³-hybridized carbons (Fsp3) is 0.167. The number of phenolic OH excluding ortho intramolecular Hbond substituents is 1. The molecule has 3 aromatic rings. The van der Waals surface area contributed by atoms with Gasteiger partial charge in [-0.05, 0) is 30.2 Å². The highest BCUT2D eigenvalue weighted by molar-refractivity contribution is 5.77. The lowest BCUT2D eigenvalue weighted by Gasteiger charge is -2.08. The molecule has 0 fully saturated rings. The lowest BCUT2D eigenvalue weighted by atomic mass is 10.1. The molecule has 0 saturated heterocycles. The van der Waals surface area contributed by atoms with Crippen molar-refractivity contribution in [2.24, 2.45) is 0 Å². The maximum Gasteiger partial charge on any atom is 0.234 e. The summed E-state index contributed by atoms with van der Waals surface area (Å²) in [7, 11) is 1.52. The van der Waals surface area contributed by atoms with Crippen LogP contribution in [0.4, 0.5) is 0 Å². The molecule has 0 aliphatic heterocycles. The van der Waals surface area contributed by atoms with Gasteiger partial charge in [0.05, 0.1) is 12.5 Å². The zero-order chi connectivity index (χ0) is 16.4. The number of hydrogen-bond donors (Lipinski definition) is 2. The molecule has 5 nitrogen and oxygen atoms in total. The molecule has 2 aromatic carbocycles. The zero-order valence-corrected chi connectivity index (χ0v) is 12.6. The number of aromatic hydroxyl groups is 2. The first-order valence-electron chi connectivity index (χ1n) is 7.19. The molecular formula is C18H16O5. The lowest BCUT2D eigenvalue weighted by molar-refractivity contribution is 0.404. The lowest BCUT2D eigenvalue weighted by Crippen LogP contribution is -2.05. The third kappa shape index (κ3) is 2.85. The van der Waals surface area contributed by atoms with E-state index in [1.165, 1.54) is 13.2 Å². The standard InChI is InChI=1S/C18H16O5/c1-22-12-8-6-11(14(19)10-12)7-9-16-18(21)17(20)13-4-2-3-5-15(13)23-16/h2-6,8,10,19,21H,7,9H2,1H3. The molecule has 0 aliphatic carbocycles. The van der Waals surface area contributed by atoms with E-state index in [0.29, 0.717) is 35.1 Å². The van der Waals surface area contributed by atoms with E-state index in [0.717, 1.165) is 0 Å². The molecule has 0 spiro atoms. The number of ether oxygens (including phenoxy) is 1. The Morgan fingerprint density at radius 1 is 1.09 bits per heavy atom. The quantitative estimate of drug-likeness (QED) is 0.774. The van der Waals surface area contributed by atoms with Crippen LogP contribution in [-0.2, 0) is 12.8 Å². The van der Waals surface area contributed by atoms with E-state index >= 15 is 0 Å². The molecule has 23 heavy (non-hydrogen) atoms. The Hall–Kier alpha value is -2.95. The van der Waals surface area contributed by atoms with Crippen LogP contribution < -0.4 is 10.2 Å². The first-order valence-corrected chi connectivity index (χ1v) is 7.19. The number of hydrogen-bond acceptors (Lipinski definition) is 5. The molecule has 2 N–H and O–H groups in total. The predicted octanol–water partition coefficient (Wildman–Crippen LogP) is 3.00. The van der Waals surface area contributed by atoms with E-state index in [1.54, 1.807) is 36.4 Å². The molecule has 0 radical (unpaired) electrons. The van der Waals surface area contributed by atoms with Crippen molar-refractivity contribution in [3.63, 3.8) is 0 Å². The molecular weight excluding hydrogens is 296 g/mol. The van der Waals surface area contributed by atoms with E-state index in [1.807, 2.05) is 0 Å². The van der Waals surface area contributed by atoms with Gasteiger partial charge in [-0.1, -0.05) is 18.2 Å². The summed E-state index contributed by atoms with van der Waals surface area (Å²) in [5, 5.41) is 20.3. The summed E-state index contributed by atoms with van der Waals surface area (Å²) < 4.78 is 10.7. The Kier molecular flexibility index (Phi) is 3.93. The molecule has 0 atom stereocenters. The topological polar surface area (TPSA) is 79.9 Å². The first kappa shape index (κ1) is 15.0. The van der Waals surface area contributed by atoms with Gasteiger partial charge in [-0.3, -0.25) is 4.79 Å². The van der Waals surface area contributed by atoms with Crippen molar-refractivity contribution >= 4 is 11.0 Å². The number of phenols is 1. The second-order valence-corrected chi connectivity index (χ2v) is 5.19. The van der Waals surface area contributed by atoms with E-state index in [9.17, 15) is 15.0 Å².